The maximum absolute atomic E-state index is 12.5. The van der Waals surface area contributed by atoms with Crippen molar-refractivity contribution in [3.63, 3.8) is 0 Å². The molecule has 4 nitrogen and oxygen atoms in total. The van der Waals surface area contributed by atoms with Crippen molar-refractivity contribution in [3.05, 3.63) is 40.3 Å². The molecule has 0 atom stereocenters. The van der Waals surface area contributed by atoms with Gasteiger partial charge in [-0.3, -0.25) is 14.7 Å². The highest BCUT2D eigenvalue weighted by molar-refractivity contribution is 7.12. The Morgan fingerprint density at radius 1 is 1.50 bits per heavy atom. The third-order valence-electron chi connectivity index (χ3n) is 2.93. The fraction of sp³-hybridized carbons (Fsp3) is 0.231. The molecule has 0 radical (unpaired) electrons. The predicted molar refractivity (Wildman–Crippen MR) is 70.5 cm³/mol. The van der Waals surface area contributed by atoms with E-state index in [-0.39, 0.29) is 5.91 Å². The van der Waals surface area contributed by atoms with Gasteiger partial charge in [0.15, 0.2) is 0 Å². The van der Waals surface area contributed by atoms with Gasteiger partial charge < -0.3 is 4.74 Å². The molecule has 18 heavy (non-hydrogen) atoms. The number of anilines is 1. The van der Waals surface area contributed by atoms with E-state index in [9.17, 15) is 4.79 Å². The van der Waals surface area contributed by atoms with Gasteiger partial charge in [0, 0.05) is 12.3 Å². The summed E-state index contributed by atoms with van der Waals surface area (Å²) in [6.07, 6.45) is 3.35. The largest absolute Gasteiger partial charge is 0.489 e. The normalized spacial score (nSPS) is 13.9. The van der Waals surface area contributed by atoms with Crippen molar-refractivity contribution in [1.82, 2.24) is 4.98 Å². The number of aromatic nitrogens is 1. The summed E-state index contributed by atoms with van der Waals surface area (Å²) in [6.45, 7) is 3.04. The van der Waals surface area contributed by atoms with Gasteiger partial charge >= 0.3 is 0 Å². The van der Waals surface area contributed by atoms with Gasteiger partial charge in [0.05, 0.1) is 17.6 Å². The molecule has 0 N–H and O–H groups in total. The standard InChI is InChI=1S/C13H12N2O2S/c1-9-3-7-18-12(9)13(16)15-5-6-17-11-2-4-14-8-10(11)15/h2-4,7-8H,5-6H2,1H3. The van der Waals surface area contributed by atoms with Crippen molar-refractivity contribution in [2.45, 2.75) is 6.92 Å². The van der Waals surface area contributed by atoms with Gasteiger partial charge in [-0.15, -0.1) is 11.3 Å². The Morgan fingerprint density at radius 2 is 2.39 bits per heavy atom. The minimum Gasteiger partial charge on any atom is -0.489 e. The summed E-state index contributed by atoms with van der Waals surface area (Å²) in [4.78, 5) is 19.1. The van der Waals surface area contributed by atoms with Crippen molar-refractivity contribution < 1.29 is 9.53 Å². The average Bonchev–Trinajstić information content (AvgIpc) is 2.83. The molecule has 0 aliphatic carbocycles. The van der Waals surface area contributed by atoms with Crippen LogP contribution in [-0.4, -0.2) is 24.0 Å². The van der Waals surface area contributed by atoms with E-state index < -0.39 is 0 Å². The first-order chi connectivity index (χ1) is 8.77. The van der Waals surface area contributed by atoms with Crippen LogP contribution in [0.25, 0.3) is 0 Å². The summed E-state index contributed by atoms with van der Waals surface area (Å²) in [5.74, 6) is 0.749. The molecule has 2 aromatic heterocycles. The van der Waals surface area contributed by atoms with Gasteiger partial charge in [0.25, 0.3) is 5.91 Å². The van der Waals surface area contributed by atoms with Crippen LogP contribution in [0.1, 0.15) is 15.2 Å². The van der Waals surface area contributed by atoms with Crippen molar-refractivity contribution in [2.24, 2.45) is 0 Å². The van der Waals surface area contributed by atoms with Crippen LogP contribution in [0.15, 0.2) is 29.9 Å². The second-order valence-corrected chi connectivity index (χ2v) is 5.00. The number of rotatable bonds is 1. The molecule has 0 unspecified atom stereocenters. The Balaban J connectivity index is 2.00. The Bertz CT molecular complexity index is 594. The third kappa shape index (κ3) is 1.76. The highest BCUT2D eigenvalue weighted by Crippen LogP contribution is 2.32. The van der Waals surface area contributed by atoms with Gasteiger partial charge in [-0.1, -0.05) is 0 Å². The lowest BCUT2D eigenvalue weighted by Gasteiger charge is -2.28. The quantitative estimate of drug-likeness (QED) is 0.791. The summed E-state index contributed by atoms with van der Waals surface area (Å²) in [7, 11) is 0. The van der Waals surface area contributed by atoms with Crippen LogP contribution in [0.4, 0.5) is 5.69 Å². The van der Waals surface area contributed by atoms with Crippen molar-refractivity contribution in [3.8, 4) is 5.75 Å². The Labute approximate surface area is 109 Å². The van der Waals surface area contributed by atoms with Crippen LogP contribution >= 0.6 is 11.3 Å². The Hall–Kier alpha value is -1.88. The highest BCUT2D eigenvalue weighted by Gasteiger charge is 2.26. The van der Waals surface area contributed by atoms with Crippen LogP contribution in [0, 0.1) is 6.92 Å². The van der Waals surface area contributed by atoms with E-state index in [0.717, 1.165) is 21.9 Å². The number of ether oxygens (including phenoxy) is 1. The first kappa shape index (κ1) is 11.2. The lowest BCUT2D eigenvalue weighted by Crippen LogP contribution is -2.37. The van der Waals surface area contributed by atoms with Crippen molar-refractivity contribution in [2.75, 3.05) is 18.1 Å². The Kier molecular flexibility index (Phi) is 2.76. The molecule has 2 aromatic rings. The van der Waals surface area contributed by atoms with Crippen LogP contribution in [0.5, 0.6) is 5.75 Å². The second kappa shape index (κ2) is 4.42. The number of thiophene rings is 1. The van der Waals surface area contributed by atoms with Gasteiger partial charge in [-0.25, -0.2) is 0 Å². The summed E-state index contributed by atoms with van der Waals surface area (Å²) in [6, 6.07) is 3.75. The molecule has 0 aromatic carbocycles. The van der Waals surface area contributed by atoms with E-state index in [1.165, 1.54) is 11.3 Å². The lowest BCUT2D eigenvalue weighted by atomic mass is 10.2. The molecular weight excluding hydrogens is 248 g/mol. The number of amides is 1. The van der Waals surface area contributed by atoms with E-state index in [2.05, 4.69) is 4.98 Å². The minimum absolute atomic E-state index is 0.0278. The average molecular weight is 260 g/mol. The van der Waals surface area contributed by atoms with Crippen LogP contribution in [0.3, 0.4) is 0 Å². The molecule has 0 spiro atoms. The molecule has 0 fully saturated rings. The van der Waals surface area contributed by atoms with E-state index in [1.807, 2.05) is 18.4 Å². The lowest BCUT2D eigenvalue weighted by molar-refractivity contribution is 0.0980. The zero-order valence-corrected chi connectivity index (χ0v) is 10.7. The molecule has 3 heterocycles. The molecule has 1 aliphatic rings. The van der Waals surface area contributed by atoms with Crippen molar-refractivity contribution >= 4 is 22.9 Å². The van der Waals surface area contributed by atoms with E-state index in [1.54, 1.807) is 23.4 Å². The van der Waals surface area contributed by atoms with Crippen LogP contribution in [0.2, 0.25) is 0 Å². The summed E-state index contributed by atoms with van der Waals surface area (Å²) >= 11 is 1.47. The van der Waals surface area contributed by atoms with E-state index >= 15 is 0 Å². The number of carbonyl (C=O) groups is 1. The fourth-order valence-electron chi connectivity index (χ4n) is 1.99. The van der Waals surface area contributed by atoms with Gasteiger partial charge in [-0.2, -0.15) is 0 Å². The maximum atomic E-state index is 12.5. The molecule has 5 heteroatoms. The predicted octanol–water partition coefficient (Wildman–Crippen LogP) is 2.49. The Morgan fingerprint density at radius 3 is 3.17 bits per heavy atom. The monoisotopic (exact) mass is 260 g/mol. The molecule has 1 amide bonds. The summed E-state index contributed by atoms with van der Waals surface area (Å²) in [5.41, 5.74) is 1.77. The van der Waals surface area contributed by atoms with Crippen LogP contribution in [-0.2, 0) is 0 Å². The smallest absolute Gasteiger partial charge is 0.268 e. The first-order valence-electron chi connectivity index (χ1n) is 5.70. The molecule has 3 rings (SSSR count). The molecule has 0 saturated carbocycles. The number of fused-ring (bicyclic) bond motifs is 1. The third-order valence-corrected chi connectivity index (χ3v) is 3.93. The minimum atomic E-state index is 0.0278. The number of hydrogen-bond donors (Lipinski definition) is 0. The summed E-state index contributed by atoms with van der Waals surface area (Å²) in [5, 5.41) is 1.94. The van der Waals surface area contributed by atoms with Crippen LogP contribution < -0.4 is 9.64 Å². The zero-order chi connectivity index (χ0) is 12.5. The highest BCUT2D eigenvalue weighted by atomic mass is 32.1. The zero-order valence-electron chi connectivity index (χ0n) is 9.92. The van der Waals surface area contributed by atoms with Gasteiger partial charge in [0.2, 0.25) is 0 Å². The SMILES string of the molecule is Cc1ccsc1C(=O)N1CCOc2ccncc21. The molecule has 0 bridgehead atoms. The van der Waals surface area contributed by atoms with E-state index in [0.29, 0.717) is 13.2 Å². The number of aryl methyl sites for hydroxylation is 1. The first-order valence-corrected chi connectivity index (χ1v) is 6.58. The summed E-state index contributed by atoms with van der Waals surface area (Å²) < 4.78 is 5.52. The molecular formula is C13H12N2O2S. The maximum Gasteiger partial charge on any atom is 0.268 e. The van der Waals surface area contributed by atoms with Crippen molar-refractivity contribution in [1.29, 1.82) is 0 Å². The van der Waals surface area contributed by atoms with Gasteiger partial charge in [-0.05, 0) is 23.9 Å². The van der Waals surface area contributed by atoms with E-state index in [4.69, 9.17) is 4.74 Å². The topological polar surface area (TPSA) is 42.4 Å². The number of nitrogens with zero attached hydrogens (tertiary/aromatic N) is 2. The number of pyridine rings is 1. The molecule has 1 aliphatic heterocycles. The van der Waals surface area contributed by atoms with Gasteiger partial charge in [0.1, 0.15) is 18.0 Å². The fourth-order valence-corrected chi connectivity index (χ4v) is 2.86. The molecule has 0 saturated heterocycles. The number of carbonyl (C=O) groups excluding carboxylic acids is 1. The number of hydrogen-bond acceptors (Lipinski definition) is 4. The molecule has 92 valence electrons. The second-order valence-electron chi connectivity index (χ2n) is 4.08.